The molecule has 0 aliphatic rings. The van der Waals surface area contributed by atoms with Crippen molar-refractivity contribution in [2.24, 2.45) is 5.92 Å². The van der Waals surface area contributed by atoms with E-state index in [0.717, 1.165) is 6.20 Å². The van der Waals surface area contributed by atoms with Gasteiger partial charge < -0.3 is 5.32 Å². The monoisotopic (exact) mass is 231 g/mol. The van der Waals surface area contributed by atoms with Gasteiger partial charge in [0, 0.05) is 12.2 Å². The number of hydrogen-bond donors (Lipinski definition) is 1. The quantitative estimate of drug-likeness (QED) is 0.862. The highest BCUT2D eigenvalue weighted by atomic mass is 19.3. The van der Waals surface area contributed by atoms with Gasteiger partial charge in [0.05, 0.1) is 0 Å². The van der Waals surface area contributed by atoms with E-state index in [1.807, 2.05) is 20.8 Å². The molecule has 0 bridgehead atoms. The Kier molecular flexibility index (Phi) is 3.98. The molecule has 1 aromatic rings. The summed E-state index contributed by atoms with van der Waals surface area (Å²) >= 11 is 0. The van der Waals surface area contributed by atoms with Crippen LogP contribution in [0.15, 0.2) is 12.3 Å². The first kappa shape index (κ1) is 12.6. The number of aromatic nitrogens is 2. The summed E-state index contributed by atoms with van der Waals surface area (Å²) in [7, 11) is 0. The molecule has 0 unspecified atom stereocenters. The van der Waals surface area contributed by atoms with Crippen molar-refractivity contribution in [1.82, 2.24) is 15.1 Å². The average molecular weight is 231 g/mol. The first-order valence-electron chi connectivity index (χ1n) is 5.06. The molecule has 0 saturated heterocycles. The van der Waals surface area contributed by atoms with Crippen LogP contribution in [-0.2, 0) is 0 Å². The van der Waals surface area contributed by atoms with Gasteiger partial charge >= 0.3 is 6.55 Å². The number of amides is 1. The minimum absolute atomic E-state index is 0.00722. The zero-order valence-corrected chi connectivity index (χ0v) is 9.45. The Morgan fingerprint density at radius 2 is 2.06 bits per heavy atom. The molecular formula is C10H15F2N3O. The van der Waals surface area contributed by atoms with Gasteiger partial charge in [-0.3, -0.25) is 4.79 Å². The van der Waals surface area contributed by atoms with E-state index in [2.05, 4.69) is 10.4 Å². The molecule has 1 aromatic heterocycles. The Morgan fingerprint density at radius 3 is 2.50 bits per heavy atom. The normalized spacial score (nSPS) is 13.2. The van der Waals surface area contributed by atoms with E-state index in [1.54, 1.807) is 0 Å². The molecule has 1 amide bonds. The SMILES string of the molecule is CC(C)[C@@H](C)NC(=O)c1ccn(C(F)F)n1. The van der Waals surface area contributed by atoms with Crippen LogP contribution in [-0.4, -0.2) is 21.7 Å². The number of alkyl halides is 2. The highest BCUT2D eigenvalue weighted by Gasteiger charge is 2.16. The Labute approximate surface area is 92.6 Å². The maximum absolute atomic E-state index is 12.2. The van der Waals surface area contributed by atoms with Crippen LogP contribution < -0.4 is 5.32 Å². The van der Waals surface area contributed by atoms with Crippen molar-refractivity contribution in [3.05, 3.63) is 18.0 Å². The average Bonchev–Trinajstić information content (AvgIpc) is 2.65. The van der Waals surface area contributed by atoms with Crippen LogP contribution in [0.2, 0.25) is 0 Å². The highest BCUT2D eigenvalue weighted by Crippen LogP contribution is 2.09. The number of nitrogens with zero attached hydrogens (tertiary/aromatic N) is 2. The van der Waals surface area contributed by atoms with E-state index in [0.29, 0.717) is 4.68 Å². The molecule has 1 rings (SSSR count). The third-order valence-corrected chi connectivity index (χ3v) is 2.40. The fourth-order valence-electron chi connectivity index (χ4n) is 1.02. The van der Waals surface area contributed by atoms with Gasteiger partial charge in [-0.05, 0) is 18.9 Å². The molecule has 0 spiro atoms. The second kappa shape index (κ2) is 5.05. The van der Waals surface area contributed by atoms with Crippen molar-refractivity contribution in [1.29, 1.82) is 0 Å². The third-order valence-electron chi connectivity index (χ3n) is 2.40. The Bertz CT molecular complexity index is 363. The fourth-order valence-corrected chi connectivity index (χ4v) is 1.02. The van der Waals surface area contributed by atoms with Gasteiger partial charge in [0.25, 0.3) is 5.91 Å². The molecule has 1 heterocycles. The molecule has 4 nitrogen and oxygen atoms in total. The van der Waals surface area contributed by atoms with E-state index in [1.165, 1.54) is 6.07 Å². The zero-order chi connectivity index (χ0) is 12.3. The predicted molar refractivity (Wildman–Crippen MR) is 55.2 cm³/mol. The molecule has 0 aliphatic heterocycles. The predicted octanol–water partition coefficient (Wildman–Crippen LogP) is 2.05. The summed E-state index contributed by atoms with van der Waals surface area (Å²) in [6, 6.07) is 1.25. The van der Waals surface area contributed by atoms with Crippen LogP contribution in [0.4, 0.5) is 8.78 Å². The standard InChI is InChI=1S/C10H15F2N3O/c1-6(2)7(3)13-9(16)8-4-5-15(14-8)10(11)12/h4-7,10H,1-3H3,(H,13,16)/t7-/m1/s1. The summed E-state index contributed by atoms with van der Waals surface area (Å²) in [6.45, 7) is 3.06. The Morgan fingerprint density at radius 1 is 1.44 bits per heavy atom. The molecule has 0 fully saturated rings. The number of carbonyl (C=O) groups excluding carboxylic acids is 1. The van der Waals surface area contributed by atoms with Gasteiger partial charge in [0.1, 0.15) is 5.69 Å². The highest BCUT2D eigenvalue weighted by molar-refractivity contribution is 5.92. The summed E-state index contributed by atoms with van der Waals surface area (Å²) in [5.41, 5.74) is 0.00722. The Hall–Kier alpha value is -1.46. The molecule has 16 heavy (non-hydrogen) atoms. The molecule has 0 aliphatic carbocycles. The van der Waals surface area contributed by atoms with E-state index in [-0.39, 0.29) is 17.7 Å². The van der Waals surface area contributed by atoms with Crippen molar-refractivity contribution in [3.8, 4) is 0 Å². The molecule has 0 aromatic carbocycles. The fraction of sp³-hybridized carbons (Fsp3) is 0.600. The lowest BCUT2D eigenvalue weighted by atomic mass is 10.1. The van der Waals surface area contributed by atoms with E-state index in [9.17, 15) is 13.6 Å². The topological polar surface area (TPSA) is 46.9 Å². The first-order chi connectivity index (χ1) is 7.41. The summed E-state index contributed by atoms with van der Waals surface area (Å²) in [5.74, 6) is -0.151. The lowest BCUT2D eigenvalue weighted by molar-refractivity contribution is 0.0559. The summed E-state index contributed by atoms with van der Waals surface area (Å²) in [5, 5.41) is 6.16. The van der Waals surface area contributed by atoms with Crippen LogP contribution in [0, 0.1) is 5.92 Å². The minimum Gasteiger partial charge on any atom is -0.348 e. The molecule has 1 atom stereocenters. The van der Waals surface area contributed by atoms with Gasteiger partial charge in [-0.25, -0.2) is 4.68 Å². The number of halogens is 2. The molecule has 0 radical (unpaired) electrons. The van der Waals surface area contributed by atoms with E-state index >= 15 is 0 Å². The largest absolute Gasteiger partial charge is 0.348 e. The van der Waals surface area contributed by atoms with Crippen molar-refractivity contribution in [2.75, 3.05) is 0 Å². The third kappa shape index (κ3) is 3.01. The summed E-state index contributed by atoms with van der Waals surface area (Å²) < 4.78 is 24.9. The van der Waals surface area contributed by atoms with Gasteiger partial charge in [-0.1, -0.05) is 13.8 Å². The maximum atomic E-state index is 12.2. The van der Waals surface area contributed by atoms with Crippen LogP contribution in [0.5, 0.6) is 0 Å². The van der Waals surface area contributed by atoms with E-state index < -0.39 is 12.5 Å². The lowest BCUT2D eigenvalue weighted by Gasteiger charge is -2.16. The van der Waals surface area contributed by atoms with Gasteiger partial charge in [-0.2, -0.15) is 13.9 Å². The van der Waals surface area contributed by atoms with Crippen LogP contribution in [0.25, 0.3) is 0 Å². The molecule has 0 saturated carbocycles. The van der Waals surface area contributed by atoms with Crippen molar-refractivity contribution in [2.45, 2.75) is 33.4 Å². The maximum Gasteiger partial charge on any atom is 0.333 e. The minimum atomic E-state index is -2.72. The smallest absolute Gasteiger partial charge is 0.333 e. The van der Waals surface area contributed by atoms with Crippen LogP contribution in [0.3, 0.4) is 0 Å². The first-order valence-corrected chi connectivity index (χ1v) is 5.06. The van der Waals surface area contributed by atoms with Gasteiger partial charge in [0.2, 0.25) is 0 Å². The van der Waals surface area contributed by atoms with E-state index in [4.69, 9.17) is 0 Å². The molecular weight excluding hydrogens is 216 g/mol. The number of hydrogen-bond acceptors (Lipinski definition) is 2. The number of nitrogens with one attached hydrogen (secondary N) is 1. The zero-order valence-electron chi connectivity index (χ0n) is 9.45. The van der Waals surface area contributed by atoms with Crippen molar-refractivity contribution in [3.63, 3.8) is 0 Å². The lowest BCUT2D eigenvalue weighted by Crippen LogP contribution is -2.36. The van der Waals surface area contributed by atoms with Gasteiger partial charge in [-0.15, -0.1) is 0 Å². The van der Waals surface area contributed by atoms with Crippen LogP contribution >= 0.6 is 0 Å². The molecule has 6 heteroatoms. The molecule has 90 valence electrons. The summed E-state index contributed by atoms with van der Waals surface area (Å²) in [6.07, 6.45) is 1.08. The molecule has 1 N–H and O–H groups in total. The number of carbonyl (C=O) groups is 1. The van der Waals surface area contributed by atoms with Crippen molar-refractivity contribution < 1.29 is 13.6 Å². The van der Waals surface area contributed by atoms with Gasteiger partial charge in [0.15, 0.2) is 0 Å². The Balaban J connectivity index is 2.66. The van der Waals surface area contributed by atoms with Crippen molar-refractivity contribution >= 4 is 5.91 Å². The number of rotatable bonds is 4. The second-order valence-electron chi connectivity index (χ2n) is 3.96. The summed E-state index contributed by atoms with van der Waals surface area (Å²) in [4.78, 5) is 11.6. The second-order valence-corrected chi connectivity index (χ2v) is 3.96. The van der Waals surface area contributed by atoms with Crippen LogP contribution in [0.1, 0.15) is 37.8 Å².